The van der Waals surface area contributed by atoms with E-state index in [1.807, 2.05) is 6.07 Å². The van der Waals surface area contributed by atoms with Crippen molar-refractivity contribution in [2.24, 2.45) is 10.7 Å². The summed E-state index contributed by atoms with van der Waals surface area (Å²) in [5.41, 5.74) is 6.20. The van der Waals surface area contributed by atoms with E-state index >= 15 is 0 Å². The minimum absolute atomic E-state index is 0.0402. The van der Waals surface area contributed by atoms with Crippen molar-refractivity contribution in [3.05, 3.63) is 78.5 Å². The van der Waals surface area contributed by atoms with Crippen molar-refractivity contribution in [3.63, 3.8) is 0 Å². The summed E-state index contributed by atoms with van der Waals surface area (Å²) >= 11 is 0. The van der Waals surface area contributed by atoms with E-state index in [-0.39, 0.29) is 18.2 Å². The van der Waals surface area contributed by atoms with Gasteiger partial charge in [-0.2, -0.15) is 13.9 Å². The van der Waals surface area contributed by atoms with Crippen LogP contribution in [0, 0.1) is 0 Å². The van der Waals surface area contributed by atoms with E-state index in [0.29, 0.717) is 4.90 Å². The first-order valence-corrected chi connectivity index (χ1v) is 13.7. The third kappa shape index (κ3) is 7.02. The van der Waals surface area contributed by atoms with Gasteiger partial charge in [-0.3, -0.25) is 9.32 Å². The molecule has 2 aliphatic rings. The molecule has 0 bridgehead atoms. The van der Waals surface area contributed by atoms with Crippen LogP contribution in [0.3, 0.4) is 0 Å². The predicted octanol–water partition coefficient (Wildman–Crippen LogP) is 2.10. The van der Waals surface area contributed by atoms with E-state index in [1.54, 1.807) is 42.5 Å². The summed E-state index contributed by atoms with van der Waals surface area (Å²) in [6.07, 6.45) is -5.83. The molecule has 0 saturated carbocycles. The Morgan fingerprint density at radius 1 is 1.20 bits per heavy atom. The molecule has 40 heavy (non-hydrogen) atoms. The maximum atomic E-state index is 14.9. The number of benzene rings is 2. The monoisotopic (exact) mass is 582 g/mol. The van der Waals surface area contributed by atoms with E-state index in [4.69, 9.17) is 24.3 Å². The maximum absolute atomic E-state index is 14.9. The standard InChI is InChI=1S/C25H29F2N4O8P/c1-16(22(33)36-14-17-8-4-2-5-9-17)30-40(35,39-18-10-6-3-7-11-18)37-15-19-21(32)25(26,27)23(38-19)31-13-12-20(28)29-24(31)34/h2-13,16,19,21,23-24,32,34H,14-15H2,1H3,(H2,28,29)(H,30,35)/t16-,19+,21?,23+,24?,40?/m0/s1. The second-order valence-electron chi connectivity index (χ2n) is 8.95. The second-order valence-corrected chi connectivity index (χ2v) is 10.6. The van der Waals surface area contributed by atoms with Gasteiger partial charge in [-0.15, -0.1) is 0 Å². The second kappa shape index (κ2) is 12.4. The van der Waals surface area contributed by atoms with Gasteiger partial charge in [0.05, 0.1) is 6.61 Å². The smallest absolute Gasteiger partial charge is 0.459 e. The number of amidine groups is 1. The molecule has 12 nitrogen and oxygen atoms in total. The molecule has 1 saturated heterocycles. The first-order chi connectivity index (χ1) is 19.0. The van der Waals surface area contributed by atoms with Crippen LogP contribution in [-0.4, -0.2) is 70.3 Å². The van der Waals surface area contributed by atoms with Crippen molar-refractivity contribution in [3.8, 4) is 5.75 Å². The normalized spacial score (nSPS) is 26.0. The molecule has 2 aromatic rings. The fraction of sp³-hybridized carbons (Fsp3) is 0.360. The fourth-order valence-electron chi connectivity index (χ4n) is 3.83. The number of hydrogen-bond donors (Lipinski definition) is 4. The van der Waals surface area contributed by atoms with Gasteiger partial charge >= 0.3 is 19.6 Å². The number of nitrogens with one attached hydrogen (secondary N) is 1. The zero-order valence-electron chi connectivity index (χ0n) is 21.2. The molecule has 3 unspecified atom stereocenters. The van der Waals surface area contributed by atoms with E-state index < -0.39 is 57.1 Å². The lowest BCUT2D eigenvalue weighted by Gasteiger charge is -2.34. The quantitative estimate of drug-likeness (QED) is 0.226. The van der Waals surface area contributed by atoms with Crippen LogP contribution < -0.4 is 15.3 Å². The molecule has 4 rings (SSSR count). The maximum Gasteiger partial charge on any atom is 0.459 e. The Hall–Kier alpha value is -3.39. The largest absolute Gasteiger partial charge is 0.460 e. The number of aliphatic imine (C=N–C) groups is 1. The lowest BCUT2D eigenvalue weighted by atomic mass is 10.1. The van der Waals surface area contributed by atoms with Crippen LogP contribution in [0.1, 0.15) is 12.5 Å². The van der Waals surface area contributed by atoms with Crippen LogP contribution in [-0.2, 0) is 30.0 Å². The van der Waals surface area contributed by atoms with Gasteiger partial charge in [0.2, 0.25) is 12.6 Å². The zero-order valence-corrected chi connectivity index (χ0v) is 22.1. The van der Waals surface area contributed by atoms with Crippen LogP contribution in [0.4, 0.5) is 8.78 Å². The molecule has 15 heteroatoms. The Morgan fingerprint density at radius 2 is 1.85 bits per heavy atom. The molecule has 6 atom stereocenters. The first-order valence-electron chi connectivity index (χ1n) is 12.1. The lowest BCUT2D eigenvalue weighted by molar-refractivity contribution is -0.186. The van der Waals surface area contributed by atoms with Gasteiger partial charge in [-0.05, 0) is 30.7 Å². The van der Waals surface area contributed by atoms with Crippen LogP contribution in [0.25, 0.3) is 0 Å². The average Bonchev–Trinajstić information content (AvgIpc) is 3.15. The van der Waals surface area contributed by atoms with Gasteiger partial charge in [0.15, 0.2) is 6.10 Å². The third-order valence-electron chi connectivity index (χ3n) is 5.91. The topological polar surface area (TPSA) is 165 Å². The number of carbonyl (C=O) groups is 1. The molecule has 1 fully saturated rings. The van der Waals surface area contributed by atoms with Crippen molar-refractivity contribution in [1.82, 2.24) is 9.99 Å². The molecule has 0 spiro atoms. The fourth-order valence-corrected chi connectivity index (χ4v) is 5.33. The Morgan fingerprint density at radius 3 is 2.50 bits per heavy atom. The van der Waals surface area contributed by atoms with Gasteiger partial charge in [0.25, 0.3) is 0 Å². The van der Waals surface area contributed by atoms with Gasteiger partial charge in [0, 0.05) is 6.20 Å². The van der Waals surface area contributed by atoms with Crippen molar-refractivity contribution in [1.29, 1.82) is 0 Å². The molecule has 216 valence electrons. The number of carbonyl (C=O) groups excluding carboxylic acids is 1. The van der Waals surface area contributed by atoms with Gasteiger partial charge in [-0.25, -0.2) is 9.56 Å². The summed E-state index contributed by atoms with van der Waals surface area (Å²) in [5.74, 6) is -4.67. The van der Waals surface area contributed by atoms with Crippen molar-refractivity contribution < 1.29 is 46.9 Å². The zero-order chi connectivity index (χ0) is 28.9. The summed E-state index contributed by atoms with van der Waals surface area (Å²) < 4.78 is 65.0. The lowest BCUT2D eigenvalue weighted by Crippen LogP contribution is -2.51. The molecule has 2 aromatic carbocycles. The number of ether oxygens (including phenoxy) is 2. The summed E-state index contributed by atoms with van der Waals surface area (Å²) in [5, 5.41) is 22.8. The number of para-hydroxylation sites is 1. The first kappa shape index (κ1) is 29.6. The highest BCUT2D eigenvalue weighted by atomic mass is 31.2. The highest BCUT2D eigenvalue weighted by molar-refractivity contribution is 7.52. The van der Waals surface area contributed by atoms with Crippen LogP contribution >= 0.6 is 7.75 Å². The number of esters is 1. The molecule has 5 N–H and O–H groups in total. The summed E-state index contributed by atoms with van der Waals surface area (Å²) in [7, 11) is -4.44. The molecule has 2 aliphatic heterocycles. The van der Waals surface area contributed by atoms with E-state index in [1.165, 1.54) is 25.1 Å². The molecule has 0 radical (unpaired) electrons. The minimum atomic E-state index is -4.44. The van der Waals surface area contributed by atoms with Crippen molar-refractivity contribution in [2.45, 2.75) is 50.3 Å². The van der Waals surface area contributed by atoms with Gasteiger partial charge in [-0.1, -0.05) is 48.5 Å². The molecular weight excluding hydrogens is 553 g/mol. The number of alkyl halides is 2. The number of halogens is 2. The van der Waals surface area contributed by atoms with Crippen molar-refractivity contribution >= 4 is 19.6 Å². The van der Waals surface area contributed by atoms with Gasteiger partial charge < -0.3 is 34.8 Å². The highest BCUT2D eigenvalue weighted by Crippen LogP contribution is 2.47. The summed E-state index contributed by atoms with van der Waals surface area (Å²) in [4.78, 5) is 16.8. The van der Waals surface area contributed by atoms with E-state index in [2.05, 4.69) is 10.1 Å². The summed E-state index contributed by atoms with van der Waals surface area (Å²) in [6.45, 7) is 0.482. The number of nitrogens with two attached hydrogens (primary N) is 1. The van der Waals surface area contributed by atoms with E-state index in [9.17, 15) is 28.4 Å². The molecule has 2 heterocycles. The highest BCUT2D eigenvalue weighted by Gasteiger charge is 2.61. The Bertz CT molecular complexity index is 1270. The summed E-state index contributed by atoms with van der Waals surface area (Å²) in [6, 6.07) is 15.5. The number of aliphatic hydroxyl groups excluding tert-OH is 2. The molecule has 0 aliphatic carbocycles. The number of hydrogen-bond acceptors (Lipinski definition) is 11. The number of aliphatic hydroxyl groups is 2. The Balaban J connectivity index is 1.44. The molecular formula is C25H29F2N4O8P. The van der Waals surface area contributed by atoms with Crippen LogP contribution in [0.15, 0.2) is 77.9 Å². The van der Waals surface area contributed by atoms with Gasteiger partial charge in [0.1, 0.15) is 30.3 Å². The predicted molar refractivity (Wildman–Crippen MR) is 138 cm³/mol. The van der Waals surface area contributed by atoms with Crippen LogP contribution in [0.5, 0.6) is 5.75 Å². The third-order valence-corrected chi connectivity index (χ3v) is 7.55. The molecule has 0 aromatic heterocycles. The number of rotatable bonds is 11. The SMILES string of the molecule is C[C@H](NP(=O)(OC[C@H]1O[C@@H](N2C=CC(N)=NC2O)C(F)(F)C1O)Oc1ccccc1)C(=O)OCc1ccccc1. The average molecular weight is 582 g/mol. The van der Waals surface area contributed by atoms with E-state index in [0.717, 1.165) is 11.8 Å². The van der Waals surface area contributed by atoms with Crippen LogP contribution in [0.2, 0.25) is 0 Å². The number of nitrogens with zero attached hydrogens (tertiary/aromatic N) is 2. The minimum Gasteiger partial charge on any atom is -0.460 e. The van der Waals surface area contributed by atoms with Crippen molar-refractivity contribution in [2.75, 3.05) is 6.61 Å². The molecule has 0 amide bonds. The Kier molecular flexibility index (Phi) is 9.19. The Labute approximate surface area is 228 Å².